The number of halogens is 1. The van der Waals surface area contributed by atoms with E-state index in [9.17, 15) is 22.4 Å². The molecule has 0 saturated heterocycles. The van der Waals surface area contributed by atoms with E-state index in [1.165, 1.54) is 29.2 Å². The number of carbonyl (C=O) groups excluding carboxylic acids is 2. The Labute approximate surface area is 213 Å². The van der Waals surface area contributed by atoms with E-state index in [-0.39, 0.29) is 24.2 Å². The number of rotatable bonds is 13. The molecule has 2 unspecified atom stereocenters. The number of amides is 2. The highest BCUT2D eigenvalue weighted by Gasteiger charge is 2.32. The molecule has 2 aromatic rings. The number of hydrogen-bond acceptors (Lipinski definition) is 5. The van der Waals surface area contributed by atoms with Gasteiger partial charge in [0.1, 0.15) is 24.2 Å². The van der Waals surface area contributed by atoms with Gasteiger partial charge in [0.2, 0.25) is 21.8 Å². The second-order valence-corrected chi connectivity index (χ2v) is 10.5. The number of para-hydroxylation sites is 2. The fraction of sp³-hybridized carbons (Fsp3) is 0.462. The van der Waals surface area contributed by atoms with Gasteiger partial charge in [-0.25, -0.2) is 12.8 Å². The molecule has 0 heterocycles. The van der Waals surface area contributed by atoms with E-state index in [0.717, 1.165) is 10.6 Å². The van der Waals surface area contributed by atoms with Crippen molar-refractivity contribution >= 4 is 27.5 Å². The highest BCUT2D eigenvalue weighted by atomic mass is 32.2. The lowest BCUT2D eigenvalue weighted by atomic mass is 10.1. The van der Waals surface area contributed by atoms with Gasteiger partial charge < -0.3 is 15.0 Å². The molecule has 8 nitrogen and oxygen atoms in total. The van der Waals surface area contributed by atoms with Crippen molar-refractivity contribution in [3.63, 3.8) is 0 Å². The second kappa shape index (κ2) is 13.2. The zero-order valence-corrected chi connectivity index (χ0v) is 22.3. The standard InChI is InChI=1S/C26H36FN3O5S/c1-6-19(4)28-26(32)22(7-2)29(17-20-13-15-21(27)16-14-20)25(31)18-30(36(5,33)34)23-11-9-10-12-24(23)35-8-3/h9-16,19,22H,6-8,17-18H2,1-5H3,(H,28,32). The van der Waals surface area contributed by atoms with Crippen molar-refractivity contribution in [1.82, 2.24) is 10.2 Å². The summed E-state index contributed by atoms with van der Waals surface area (Å²) in [6.45, 7) is 7.16. The van der Waals surface area contributed by atoms with Gasteiger partial charge in [0.05, 0.1) is 18.6 Å². The topological polar surface area (TPSA) is 96.0 Å². The predicted molar refractivity (Wildman–Crippen MR) is 139 cm³/mol. The van der Waals surface area contributed by atoms with Crippen LogP contribution in [0.1, 0.15) is 46.1 Å². The minimum atomic E-state index is -3.89. The number of ether oxygens (including phenoxy) is 1. The van der Waals surface area contributed by atoms with E-state index < -0.39 is 34.3 Å². The summed E-state index contributed by atoms with van der Waals surface area (Å²) in [5.41, 5.74) is 0.842. The van der Waals surface area contributed by atoms with Gasteiger partial charge >= 0.3 is 0 Å². The van der Waals surface area contributed by atoms with Gasteiger partial charge in [0, 0.05) is 12.6 Å². The normalized spacial score (nSPS) is 12.9. The molecular formula is C26H36FN3O5S. The predicted octanol–water partition coefficient (Wildman–Crippen LogP) is 3.71. The Morgan fingerprint density at radius 2 is 1.67 bits per heavy atom. The van der Waals surface area contributed by atoms with Crippen molar-refractivity contribution in [1.29, 1.82) is 0 Å². The van der Waals surface area contributed by atoms with E-state index >= 15 is 0 Å². The van der Waals surface area contributed by atoms with Gasteiger partial charge in [0.25, 0.3) is 0 Å². The third kappa shape index (κ3) is 7.94. The lowest BCUT2D eigenvalue weighted by Gasteiger charge is -2.33. The van der Waals surface area contributed by atoms with E-state index in [4.69, 9.17) is 4.74 Å². The molecule has 0 aliphatic rings. The summed E-state index contributed by atoms with van der Waals surface area (Å²) in [6, 6.07) is 11.2. The number of sulfonamides is 1. The van der Waals surface area contributed by atoms with Crippen molar-refractivity contribution in [2.75, 3.05) is 23.7 Å². The van der Waals surface area contributed by atoms with Gasteiger partial charge in [-0.3, -0.25) is 13.9 Å². The molecule has 0 aliphatic carbocycles. The Bertz CT molecular complexity index is 1120. The number of nitrogens with zero attached hydrogens (tertiary/aromatic N) is 2. The molecule has 0 aromatic heterocycles. The van der Waals surface area contributed by atoms with Crippen LogP contribution in [0.3, 0.4) is 0 Å². The number of anilines is 1. The fourth-order valence-corrected chi connectivity index (χ4v) is 4.54. The van der Waals surface area contributed by atoms with Crippen molar-refractivity contribution in [2.24, 2.45) is 0 Å². The third-order valence-electron chi connectivity index (χ3n) is 5.77. The molecule has 2 aromatic carbocycles. The van der Waals surface area contributed by atoms with Crippen LogP contribution < -0.4 is 14.4 Å². The molecule has 0 spiro atoms. The minimum absolute atomic E-state index is 0.0102. The summed E-state index contributed by atoms with van der Waals surface area (Å²) < 4.78 is 45.6. The van der Waals surface area contributed by atoms with Gasteiger partial charge in [-0.15, -0.1) is 0 Å². The van der Waals surface area contributed by atoms with E-state index in [1.807, 2.05) is 13.8 Å². The molecule has 36 heavy (non-hydrogen) atoms. The highest BCUT2D eigenvalue weighted by molar-refractivity contribution is 7.92. The number of hydrogen-bond donors (Lipinski definition) is 1. The van der Waals surface area contributed by atoms with Crippen LogP contribution in [0.4, 0.5) is 10.1 Å². The molecule has 2 rings (SSSR count). The maximum absolute atomic E-state index is 13.7. The molecule has 0 bridgehead atoms. The van der Waals surface area contributed by atoms with Crippen LogP contribution in [0.15, 0.2) is 48.5 Å². The first kappa shape index (κ1) is 29.1. The summed E-state index contributed by atoms with van der Waals surface area (Å²) in [4.78, 5) is 28.2. The third-order valence-corrected chi connectivity index (χ3v) is 6.89. The van der Waals surface area contributed by atoms with Crippen LogP contribution in [-0.2, 0) is 26.2 Å². The molecule has 0 fully saturated rings. The molecule has 0 radical (unpaired) electrons. The minimum Gasteiger partial charge on any atom is -0.492 e. The Morgan fingerprint density at radius 3 is 2.22 bits per heavy atom. The quantitative estimate of drug-likeness (QED) is 0.434. The Balaban J connectivity index is 2.47. The fourth-order valence-electron chi connectivity index (χ4n) is 3.68. The highest BCUT2D eigenvalue weighted by Crippen LogP contribution is 2.30. The molecule has 2 amide bonds. The summed E-state index contributed by atoms with van der Waals surface area (Å²) >= 11 is 0. The number of carbonyl (C=O) groups is 2. The molecule has 0 saturated carbocycles. The van der Waals surface area contributed by atoms with Crippen LogP contribution in [0.25, 0.3) is 0 Å². The SMILES string of the molecule is CCOc1ccccc1N(CC(=O)N(Cc1ccc(F)cc1)C(CC)C(=O)NC(C)CC)S(C)(=O)=O. The van der Waals surface area contributed by atoms with Gasteiger partial charge in [0.15, 0.2) is 0 Å². The lowest BCUT2D eigenvalue weighted by Crippen LogP contribution is -2.53. The zero-order chi connectivity index (χ0) is 26.9. The van der Waals surface area contributed by atoms with Crippen molar-refractivity contribution in [3.8, 4) is 5.75 Å². The summed E-state index contributed by atoms with van der Waals surface area (Å²) in [7, 11) is -3.89. The first-order chi connectivity index (χ1) is 17.0. The summed E-state index contributed by atoms with van der Waals surface area (Å²) in [5.74, 6) is -0.996. The van der Waals surface area contributed by atoms with Crippen LogP contribution in [0.5, 0.6) is 5.75 Å². The Hall–Kier alpha value is -3.14. The van der Waals surface area contributed by atoms with Crippen molar-refractivity contribution < 1.29 is 27.1 Å². The van der Waals surface area contributed by atoms with Crippen LogP contribution in [0.2, 0.25) is 0 Å². The average Bonchev–Trinajstić information content (AvgIpc) is 2.83. The number of benzene rings is 2. The average molecular weight is 522 g/mol. The van der Waals surface area contributed by atoms with Crippen LogP contribution >= 0.6 is 0 Å². The summed E-state index contributed by atoms with van der Waals surface area (Å²) in [5, 5.41) is 2.91. The smallest absolute Gasteiger partial charge is 0.244 e. The van der Waals surface area contributed by atoms with Gasteiger partial charge in [-0.1, -0.05) is 38.1 Å². The molecule has 0 aliphatic heterocycles. The van der Waals surface area contributed by atoms with Crippen molar-refractivity contribution in [3.05, 3.63) is 59.9 Å². The molecule has 2 atom stereocenters. The van der Waals surface area contributed by atoms with E-state index in [1.54, 1.807) is 38.1 Å². The zero-order valence-electron chi connectivity index (χ0n) is 21.5. The molecule has 1 N–H and O–H groups in total. The lowest BCUT2D eigenvalue weighted by molar-refractivity contribution is -0.140. The van der Waals surface area contributed by atoms with E-state index in [0.29, 0.717) is 30.8 Å². The molecule has 10 heteroatoms. The van der Waals surface area contributed by atoms with Crippen molar-refractivity contribution in [2.45, 2.75) is 59.2 Å². The molecule has 198 valence electrons. The molecular weight excluding hydrogens is 485 g/mol. The maximum atomic E-state index is 13.7. The number of nitrogens with one attached hydrogen (secondary N) is 1. The first-order valence-corrected chi connectivity index (χ1v) is 13.9. The Morgan fingerprint density at radius 1 is 1.03 bits per heavy atom. The van der Waals surface area contributed by atoms with Crippen LogP contribution in [-0.4, -0.2) is 56.6 Å². The largest absolute Gasteiger partial charge is 0.492 e. The Kier molecular flexibility index (Phi) is 10.7. The second-order valence-electron chi connectivity index (χ2n) is 8.56. The summed E-state index contributed by atoms with van der Waals surface area (Å²) in [6.07, 6.45) is 2.04. The van der Waals surface area contributed by atoms with Crippen LogP contribution in [0, 0.1) is 5.82 Å². The van der Waals surface area contributed by atoms with E-state index in [2.05, 4.69) is 5.32 Å². The maximum Gasteiger partial charge on any atom is 0.244 e. The van der Waals surface area contributed by atoms with Gasteiger partial charge in [-0.2, -0.15) is 0 Å². The first-order valence-electron chi connectivity index (χ1n) is 12.1. The van der Waals surface area contributed by atoms with Gasteiger partial charge in [-0.05, 0) is 56.5 Å². The monoisotopic (exact) mass is 521 g/mol.